The number of nitrogens with two attached hydrogens (primary N) is 1. The van der Waals surface area contributed by atoms with Gasteiger partial charge in [0.15, 0.2) is 6.10 Å². The van der Waals surface area contributed by atoms with E-state index in [1.165, 1.54) is 0 Å². The molecule has 2 aromatic carbocycles. The van der Waals surface area contributed by atoms with E-state index >= 15 is 0 Å². The van der Waals surface area contributed by atoms with E-state index < -0.39 is 29.8 Å². The first kappa shape index (κ1) is 23.0. The first-order valence-electron chi connectivity index (χ1n) is 11.6. The highest BCUT2D eigenvalue weighted by Gasteiger charge is 2.58. The molecule has 4 atom stereocenters. The lowest BCUT2D eigenvalue weighted by Gasteiger charge is -2.25. The molecule has 2 aliphatic rings. The minimum atomic E-state index is -0.871. The van der Waals surface area contributed by atoms with Crippen molar-refractivity contribution in [3.8, 4) is 28.3 Å². The number of carbonyl (C=O) groups is 1. The van der Waals surface area contributed by atoms with Crippen molar-refractivity contribution in [2.75, 3.05) is 13.2 Å². The molecule has 8 nitrogen and oxygen atoms in total. The maximum absolute atomic E-state index is 12.5. The van der Waals surface area contributed by atoms with Crippen LogP contribution in [0.15, 0.2) is 60.7 Å². The fourth-order valence-corrected chi connectivity index (χ4v) is 5.26. The number of aromatic nitrogens is 2. The van der Waals surface area contributed by atoms with E-state index in [4.69, 9.17) is 36.5 Å². The molecule has 0 saturated carbocycles. The van der Waals surface area contributed by atoms with Crippen molar-refractivity contribution in [2.45, 2.75) is 30.8 Å². The Labute approximate surface area is 212 Å². The first-order valence-corrected chi connectivity index (χ1v) is 12.0. The van der Waals surface area contributed by atoms with E-state index in [0.717, 1.165) is 16.7 Å². The van der Waals surface area contributed by atoms with Gasteiger partial charge in [-0.1, -0.05) is 66.2 Å². The molecular weight excluding hydrogens is 482 g/mol. The van der Waals surface area contributed by atoms with E-state index in [-0.39, 0.29) is 24.7 Å². The first-order chi connectivity index (χ1) is 17.3. The molecule has 184 valence electrons. The number of pyridine rings is 1. The molecule has 0 unspecified atom stereocenters. The summed E-state index contributed by atoms with van der Waals surface area (Å²) >= 11 is 6.61. The van der Waals surface area contributed by atoms with Crippen LogP contribution in [0, 0.1) is 0 Å². The molecule has 2 fully saturated rings. The van der Waals surface area contributed by atoms with Crippen LogP contribution in [0.1, 0.15) is 17.3 Å². The summed E-state index contributed by atoms with van der Waals surface area (Å²) in [6, 6.07) is 19.6. The standard InChI is InChI=1S/C27H24ClN3O5/c1-27-20(32)13-34-24(27)19(12-35-27)36-26-21(25(29)33)23-18(30-26)11-17(28)22(31-23)16-9-7-15(8-10-16)14-5-3-2-4-6-14/h2-11,19-20,24,30,32H,12-13H2,1H3,(H2,29,33)/t19-,20-,24-,27-/m1/s1. The van der Waals surface area contributed by atoms with Crippen LogP contribution >= 0.6 is 11.6 Å². The van der Waals surface area contributed by atoms with Crippen molar-refractivity contribution in [2.24, 2.45) is 5.73 Å². The number of ether oxygens (including phenoxy) is 3. The minimum absolute atomic E-state index is 0.121. The van der Waals surface area contributed by atoms with Crippen LogP contribution in [0.5, 0.6) is 5.88 Å². The number of fused-ring (bicyclic) bond motifs is 2. The number of benzene rings is 2. The van der Waals surface area contributed by atoms with Crippen molar-refractivity contribution < 1.29 is 24.1 Å². The van der Waals surface area contributed by atoms with Gasteiger partial charge in [-0.2, -0.15) is 0 Å². The number of rotatable bonds is 5. The van der Waals surface area contributed by atoms with Crippen LogP contribution < -0.4 is 10.5 Å². The molecule has 0 spiro atoms. The van der Waals surface area contributed by atoms with Gasteiger partial charge < -0.3 is 30.0 Å². The number of carbonyl (C=O) groups excluding carboxylic acids is 1. The van der Waals surface area contributed by atoms with Crippen LogP contribution in [-0.4, -0.2) is 58.1 Å². The van der Waals surface area contributed by atoms with Crippen molar-refractivity contribution in [1.82, 2.24) is 9.97 Å². The zero-order valence-electron chi connectivity index (χ0n) is 19.4. The molecule has 4 aromatic rings. The number of nitrogens with one attached hydrogen (secondary N) is 1. The summed E-state index contributed by atoms with van der Waals surface area (Å²) in [5.41, 5.74) is 9.37. The van der Waals surface area contributed by atoms with E-state index in [9.17, 15) is 9.90 Å². The van der Waals surface area contributed by atoms with Crippen LogP contribution in [0.4, 0.5) is 0 Å². The third kappa shape index (κ3) is 3.65. The normalized spacial score (nSPS) is 25.2. The lowest BCUT2D eigenvalue weighted by Crippen LogP contribution is -2.45. The molecule has 9 heteroatoms. The largest absolute Gasteiger partial charge is 0.470 e. The van der Waals surface area contributed by atoms with Crippen LogP contribution in [-0.2, 0) is 9.47 Å². The van der Waals surface area contributed by atoms with Gasteiger partial charge in [-0.15, -0.1) is 0 Å². The highest BCUT2D eigenvalue weighted by molar-refractivity contribution is 6.33. The molecule has 2 saturated heterocycles. The van der Waals surface area contributed by atoms with E-state index in [1.54, 1.807) is 13.0 Å². The van der Waals surface area contributed by atoms with Gasteiger partial charge >= 0.3 is 0 Å². The van der Waals surface area contributed by atoms with Gasteiger partial charge in [0.05, 0.1) is 29.4 Å². The number of nitrogens with zero attached hydrogens (tertiary/aromatic N) is 1. The summed E-state index contributed by atoms with van der Waals surface area (Å²) in [6.07, 6.45) is -1.79. The van der Waals surface area contributed by atoms with Gasteiger partial charge in [0.25, 0.3) is 5.91 Å². The molecule has 4 heterocycles. The Morgan fingerprint density at radius 1 is 1.14 bits per heavy atom. The fourth-order valence-electron chi connectivity index (χ4n) is 5.00. The lowest BCUT2D eigenvalue weighted by atomic mass is 9.95. The van der Waals surface area contributed by atoms with Gasteiger partial charge in [-0.3, -0.25) is 4.79 Å². The van der Waals surface area contributed by atoms with Gasteiger partial charge in [0, 0.05) is 5.56 Å². The number of aliphatic hydroxyl groups excluding tert-OH is 1. The molecule has 0 bridgehead atoms. The summed E-state index contributed by atoms with van der Waals surface area (Å²) in [7, 11) is 0. The quantitative estimate of drug-likeness (QED) is 0.378. The molecule has 36 heavy (non-hydrogen) atoms. The summed E-state index contributed by atoms with van der Waals surface area (Å²) in [6.45, 7) is 2.13. The third-order valence-corrected chi connectivity index (χ3v) is 7.31. The number of amides is 1. The number of H-pyrrole nitrogens is 1. The highest BCUT2D eigenvalue weighted by Crippen LogP contribution is 2.40. The van der Waals surface area contributed by atoms with Gasteiger partial charge in [0.1, 0.15) is 28.9 Å². The molecule has 0 radical (unpaired) electrons. The Bertz CT molecular complexity index is 1460. The third-order valence-electron chi connectivity index (χ3n) is 7.03. The number of aromatic amines is 1. The van der Waals surface area contributed by atoms with E-state index in [0.29, 0.717) is 21.7 Å². The zero-order valence-corrected chi connectivity index (χ0v) is 20.2. The van der Waals surface area contributed by atoms with Gasteiger partial charge in [-0.05, 0) is 24.1 Å². The fraction of sp³-hybridized carbons (Fsp3) is 0.259. The second-order valence-electron chi connectivity index (χ2n) is 9.27. The Balaban J connectivity index is 1.36. The predicted octanol–water partition coefficient (Wildman–Crippen LogP) is 3.95. The number of hydrogen-bond donors (Lipinski definition) is 3. The monoisotopic (exact) mass is 505 g/mol. The molecule has 2 aromatic heterocycles. The van der Waals surface area contributed by atoms with E-state index in [2.05, 4.69) is 4.98 Å². The second-order valence-corrected chi connectivity index (χ2v) is 9.68. The molecule has 2 aliphatic heterocycles. The maximum atomic E-state index is 12.5. The summed E-state index contributed by atoms with van der Waals surface area (Å²) < 4.78 is 17.7. The van der Waals surface area contributed by atoms with Crippen LogP contribution in [0.3, 0.4) is 0 Å². The minimum Gasteiger partial charge on any atom is -0.470 e. The second kappa shape index (κ2) is 8.60. The maximum Gasteiger partial charge on any atom is 0.256 e. The average Bonchev–Trinajstić information content (AvgIpc) is 3.49. The Hall–Kier alpha value is -3.43. The zero-order chi connectivity index (χ0) is 25.0. The summed E-state index contributed by atoms with van der Waals surface area (Å²) in [5.74, 6) is -0.522. The van der Waals surface area contributed by atoms with Crippen molar-refractivity contribution in [1.29, 1.82) is 0 Å². The summed E-state index contributed by atoms with van der Waals surface area (Å²) in [5, 5.41) is 10.7. The SMILES string of the molecule is C[C@]12OC[C@@H](Oc3[nH]c4cc(Cl)c(-c5ccc(-c6ccccc6)cc5)nc4c3C(N)=O)[C@H]1OC[C@H]2O. The molecule has 1 amide bonds. The smallest absolute Gasteiger partial charge is 0.256 e. The Morgan fingerprint density at radius 3 is 2.56 bits per heavy atom. The van der Waals surface area contributed by atoms with E-state index in [1.807, 2.05) is 54.6 Å². The molecule has 0 aliphatic carbocycles. The highest BCUT2D eigenvalue weighted by atomic mass is 35.5. The number of primary amides is 1. The van der Waals surface area contributed by atoms with Gasteiger partial charge in [0.2, 0.25) is 5.88 Å². The van der Waals surface area contributed by atoms with Crippen LogP contribution in [0.2, 0.25) is 5.02 Å². The lowest BCUT2D eigenvalue weighted by molar-refractivity contribution is -0.0621. The Kier molecular flexibility index (Phi) is 5.49. The van der Waals surface area contributed by atoms with Crippen molar-refractivity contribution >= 4 is 28.5 Å². The number of halogens is 1. The molecule has 6 rings (SSSR count). The van der Waals surface area contributed by atoms with Crippen LogP contribution in [0.25, 0.3) is 33.4 Å². The van der Waals surface area contributed by atoms with Gasteiger partial charge in [-0.25, -0.2) is 4.98 Å². The van der Waals surface area contributed by atoms with Crippen molar-refractivity contribution in [3.63, 3.8) is 0 Å². The van der Waals surface area contributed by atoms with Crippen molar-refractivity contribution in [3.05, 3.63) is 71.2 Å². The number of aliphatic hydroxyl groups is 1. The molecular formula is C27H24ClN3O5. The topological polar surface area (TPSA) is 120 Å². The average molecular weight is 506 g/mol. The molecule has 4 N–H and O–H groups in total. The predicted molar refractivity (Wildman–Crippen MR) is 135 cm³/mol. The summed E-state index contributed by atoms with van der Waals surface area (Å²) in [4.78, 5) is 20.3. The Morgan fingerprint density at radius 2 is 1.83 bits per heavy atom. The number of hydrogen-bond acceptors (Lipinski definition) is 6.